The van der Waals surface area contributed by atoms with Gasteiger partial charge in [-0.05, 0) is 43.7 Å². The summed E-state index contributed by atoms with van der Waals surface area (Å²) in [6.45, 7) is 19.1. The molecule has 2 fully saturated rings. The molecule has 1 aromatic rings. The Kier molecular flexibility index (Phi) is 8.75. The molecule has 7 heteroatoms. The topological polar surface area (TPSA) is 37.4 Å². The molecule has 0 spiro atoms. The van der Waals surface area contributed by atoms with E-state index in [1.807, 2.05) is 12.1 Å². The monoisotopic (exact) mass is 418 g/mol. The van der Waals surface area contributed by atoms with Gasteiger partial charge in [0.2, 0.25) is 0 Å². The van der Waals surface area contributed by atoms with E-state index < -0.39 is 0 Å². The van der Waals surface area contributed by atoms with E-state index in [1.165, 1.54) is 38.3 Å². The Morgan fingerprint density at radius 2 is 1.60 bits per heavy atom. The van der Waals surface area contributed by atoms with E-state index in [-0.39, 0.29) is 5.82 Å². The van der Waals surface area contributed by atoms with Gasteiger partial charge in [-0.1, -0.05) is 13.8 Å². The van der Waals surface area contributed by atoms with E-state index >= 15 is 0 Å². The van der Waals surface area contributed by atoms with Crippen molar-refractivity contribution >= 4 is 11.6 Å². The van der Waals surface area contributed by atoms with Crippen molar-refractivity contribution in [1.29, 1.82) is 0 Å². The van der Waals surface area contributed by atoms with E-state index in [0.29, 0.717) is 5.92 Å². The zero-order valence-electron chi connectivity index (χ0n) is 19.0. The summed E-state index contributed by atoms with van der Waals surface area (Å²) in [5.74, 6) is 1.39. The summed E-state index contributed by atoms with van der Waals surface area (Å²) < 4.78 is 13.2. The standard InChI is InChI=1S/C23H39FN6/c1-4-25-23(26-18-20(3)19-28-12-10-27(5-2)11-13-28)30-16-14-29(15-17-30)22-8-6-21(24)7-9-22/h6-9,20H,4-5,10-19H2,1-3H3,(H,25,26). The summed E-state index contributed by atoms with van der Waals surface area (Å²) in [5, 5.41) is 3.47. The van der Waals surface area contributed by atoms with Crippen LogP contribution in [0.5, 0.6) is 0 Å². The first-order valence-corrected chi connectivity index (χ1v) is 11.6. The molecule has 2 saturated heterocycles. The lowest BCUT2D eigenvalue weighted by molar-refractivity contribution is 0.125. The Bertz CT molecular complexity index is 648. The van der Waals surface area contributed by atoms with Gasteiger partial charge < -0.3 is 24.9 Å². The second-order valence-corrected chi connectivity index (χ2v) is 8.49. The van der Waals surface area contributed by atoms with Gasteiger partial charge in [-0.2, -0.15) is 0 Å². The molecule has 3 rings (SSSR count). The summed E-state index contributed by atoms with van der Waals surface area (Å²) in [6.07, 6.45) is 0. The van der Waals surface area contributed by atoms with Crippen LogP contribution in [0.1, 0.15) is 20.8 Å². The van der Waals surface area contributed by atoms with Crippen LogP contribution < -0.4 is 10.2 Å². The van der Waals surface area contributed by atoms with Gasteiger partial charge in [0.05, 0.1) is 0 Å². The van der Waals surface area contributed by atoms with Gasteiger partial charge in [0, 0.05) is 77.7 Å². The van der Waals surface area contributed by atoms with Crippen molar-refractivity contribution in [3.63, 3.8) is 0 Å². The van der Waals surface area contributed by atoms with Crippen molar-refractivity contribution in [2.24, 2.45) is 10.9 Å². The maximum atomic E-state index is 13.2. The Labute approximate surface area is 181 Å². The van der Waals surface area contributed by atoms with E-state index in [2.05, 4.69) is 45.7 Å². The molecule has 168 valence electrons. The molecule has 30 heavy (non-hydrogen) atoms. The Morgan fingerprint density at radius 3 is 2.20 bits per heavy atom. The molecule has 1 N–H and O–H groups in total. The van der Waals surface area contributed by atoms with E-state index in [9.17, 15) is 4.39 Å². The zero-order valence-corrected chi connectivity index (χ0v) is 19.0. The van der Waals surface area contributed by atoms with Gasteiger partial charge in [0.25, 0.3) is 0 Å². The first-order chi connectivity index (χ1) is 14.6. The summed E-state index contributed by atoms with van der Waals surface area (Å²) in [4.78, 5) is 14.8. The number of rotatable bonds is 7. The molecule has 0 radical (unpaired) electrons. The fourth-order valence-electron chi connectivity index (χ4n) is 4.28. The van der Waals surface area contributed by atoms with Crippen LogP contribution in [0.25, 0.3) is 0 Å². The highest BCUT2D eigenvalue weighted by Gasteiger charge is 2.21. The highest BCUT2D eigenvalue weighted by atomic mass is 19.1. The highest BCUT2D eigenvalue weighted by molar-refractivity contribution is 5.80. The second-order valence-electron chi connectivity index (χ2n) is 8.49. The number of piperazine rings is 2. The van der Waals surface area contributed by atoms with Crippen molar-refractivity contribution in [3.05, 3.63) is 30.1 Å². The average molecular weight is 419 g/mol. The predicted octanol–water partition coefficient (Wildman–Crippen LogP) is 2.19. The minimum Gasteiger partial charge on any atom is -0.368 e. The van der Waals surface area contributed by atoms with Gasteiger partial charge in [-0.15, -0.1) is 0 Å². The molecule has 0 bridgehead atoms. The third-order valence-electron chi connectivity index (χ3n) is 6.14. The van der Waals surface area contributed by atoms with Crippen LogP contribution in [0, 0.1) is 11.7 Å². The molecule has 0 saturated carbocycles. The predicted molar refractivity (Wildman–Crippen MR) is 124 cm³/mol. The fraction of sp³-hybridized carbons (Fsp3) is 0.696. The van der Waals surface area contributed by atoms with Crippen LogP contribution in [0.3, 0.4) is 0 Å². The Balaban J connectivity index is 1.47. The molecule has 0 aliphatic carbocycles. The highest BCUT2D eigenvalue weighted by Crippen LogP contribution is 2.17. The maximum Gasteiger partial charge on any atom is 0.194 e. The molecule has 1 unspecified atom stereocenters. The molecular formula is C23H39FN6. The molecule has 1 aromatic carbocycles. The van der Waals surface area contributed by atoms with Crippen LogP contribution >= 0.6 is 0 Å². The molecule has 0 amide bonds. The van der Waals surface area contributed by atoms with Gasteiger partial charge in [0.15, 0.2) is 5.96 Å². The normalized spacial score (nSPS) is 20.5. The first kappa shape index (κ1) is 22.8. The van der Waals surface area contributed by atoms with Crippen LogP contribution in [0.15, 0.2) is 29.3 Å². The van der Waals surface area contributed by atoms with Gasteiger partial charge in [-0.25, -0.2) is 4.39 Å². The van der Waals surface area contributed by atoms with E-state index in [0.717, 1.165) is 64.0 Å². The van der Waals surface area contributed by atoms with Crippen molar-refractivity contribution in [2.75, 3.05) is 83.4 Å². The Hall–Kier alpha value is -1.86. The van der Waals surface area contributed by atoms with E-state index in [1.54, 1.807) is 0 Å². The third kappa shape index (κ3) is 6.57. The lowest BCUT2D eigenvalue weighted by Gasteiger charge is -2.38. The third-order valence-corrected chi connectivity index (χ3v) is 6.14. The number of nitrogens with one attached hydrogen (secondary N) is 1. The number of likely N-dealkylation sites (N-methyl/N-ethyl adjacent to an activating group) is 1. The first-order valence-electron chi connectivity index (χ1n) is 11.6. The SMILES string of the molecule is CCNC(=NCC(C)CN1CCN(CC)CC1)N1CCN(c2ccc(F)cc2)CC1. The molecule has 6 nitrogen and oxygen atoms in total. The quantitative estimate of drug-likeness (QED) is 0.543. The lowest BCUT2D eigenvalue weighted by atomic mass is 10.1. The van der Waals surface area contributed by atoms with Crippen molar-refractivity contribution in [2.45, 2.75) is 20.8 Å². The number of aliphatic imine (C=N–C) groups is 1. The summed E-state index contributed by atoms with van der Waals surface area (Å²) >= 11 is 0. The number of halogens is 1. The molecular weight excluding hydrogens is 379 g/mol. The minimum atomic E-state index is -0.180. The van der Waals surface area contributed by atoms with Gasteiger partial charge in [-0.3, -0.25) is 4.99 Å². The number of hydrogen-bond acceptors (Lipinski definition) is 4. The average Bonchev–Trinajstić information content (AvgIpc) is 2.78. The fourth-order valence-corrected chi connectivity index (χ4v) is 4.28. The summed E-state index contributed by atoms with van der Waals surface area (Å²) in [6, 6.07) is 6.81. The maximum absolute atomic E-state index is 13.2. The van der Waals surface area contributed by atoms with Crippen molar-refractivity contribution in [1.82, 2.24) is 20.0 Å². The van der Waals surface area contributed by atoms with Crippen LogP contribution in [-0.2, 0) is 0 Å². The molecule has 2 heterocycles. The van der Waals surface area contributed by atoms with E-state index in [4.69, 9.17) is 4.99 Å². The smallest absolute Gasteiger partial charge is 0.194 e. The molecule has 2 aliphatic heterocycles. The number of nitrogens with zero attached hydrogens (tertiary/aromatic N) is 5. The largest absolute Gasteiger partial charge is 0.368 e. The minimum absolute atomic E-state index is 0.180. The summed E-state index contributed by atoms with van der Waals surface area (Å²) in [7, 11) is 0. The van der Waals surface area contributed by atoms with Gasteiger partial charge >= 0.3 is 0 Å². The number of hydrogen-bond donors (Lipinski definition) is 1. The van der Waals surface area contributed by atoms with Crippen molar-refractivity contribution in [3.8, 4) is 0 Å². The molecule has 1 atom stereocenters. The Morgan fingerprint density at radius 1 is 0.967 bits per heavy atom. The van der Waals surface area contributed by atoms with Crippen molar-refractivity contribution < 1.29 is 4.39 Å². The second kappa shape index (κ2) is 11.5. The molecule has 2 aliphatic rings. The van der Waals surface area contributed by atoms with Crippen LogP contribution in [-0.4, -0.2) is 99.2 Å². The van der Waals surface area contributed by atoms with Gasteiger partial charge in [0.1, 0.15) is 5.82 Å². The number of benzene rings is 1. The van der Waals surface area contributed by atoms with Crippen LogP contribution in [0.4, 0.5) is 10.1 Å². The summed E-state index contributed by atoms with van der Waals surface area (Å²) in [5.41, 5.74) is 1.09. The number of guanidine groups is 1. The molecule has 0 aromatic heterocycles. The van der Waals surface area contributed by atoms with Crippen LogP contribution in [0.2, 0.25) is 0 Å². The number of anilines is 1. The lowest BCUT2D eigenvalue weighted by Crippen LogP contribution is -2.52. The zero-order chi connectivity index (χ0) is 21.3.